The molecule has 6 heteroatoms. The van der Waals surface area contributed by atoms with Crippen molar-refractivity contribution < 1.29 is 17.6 Å². The lowest BCUT2D eigenvalue weighted by atomic mass is 10.0. The Labute approximate surface area is 83.9 Å². The summed E-state index contributed by atoms with van der Waals surface area (Å²) in [5.41, 5.74) is 9.55. The van der Waals surface area contributed by atoms with Crippen LogP contribution in [-0.4, -0.2) is 6.54 Å². The van der Waals surface area contributed by atoms with Gasteiger partial charge in [0.15, 0.2) is 0 Å². The molecule has 0 saturated carbocycles. The average Bonchev–Trinajstić information content (AvgIpc) is 2.15. The van der Waals surface area contributed by atoms with Crippen molar-refractivity contribution in [2.75, 3.05) is 6.54 Å². The zero-order chi connectivity index (χ0) is 11.6. The highest BCUT2D eigenvalue weighted by Crippen LogP contribution is 2.30. The number of alkyl halides is 3. The molecule has 0 aliphatic heterocycles. The van der Waals surface area contributed by atoms with Crippen molar-refractivity contribution >= 4 is 0 Å². The van der Waals surface area contributed by atoms with Gasteiger partial charge in [-0.2, -0.15) is 13.2 Å². The van der Waals surface area contributed by atoms with Crippen LogP contribution in [0.4, 0.5) is 17.6 Å². The molecule has 0 saturated heterocycles. The van der Waals surface area contributed by atoms with Gasteiger partial charge in [0.25, 0.3) is 0 Å². The monoisotopic (exact) mass is 222 g/mol. The third-order valence-electron chi connectivity index (χ3n) is 1.98. The van der Waals surface area contributed by atoms with E-state index in [9.17, 15) is 17.6 Å². The molecule has 0 bridgehead atoms. The Morgan fingerprint density at radius 2 is 1.87 bits per heavy atom. The van der Waals surface area contributed by atoms with Gasteiger partial charge < -0.3 is 11.5 Å². The molecular weight excluding hydrogens is 212 g/mol. The van der Waals surface area contributed by atoms with Crippen LogP contribution in [0.1, 0.15) is 17.2 Å². The summed E-state index contributed by atoms with van der Waals surface area (Å²) in [6.07, 6.45) is -4.55. The molecule has 1 atom stereocenters. The Morgan fingerprint density at radius 3 is 2.27 bits per heavy atom. The summed E-state index contributed by atoms with van der Waals surface area (Å²) in [5, 5.41) is 0. The van der Waals surface area contributed by atoms with Crippen LogP contribution in [0.3, 0.4) is 0 Å². The molecule has 0 fully saturated rings. The molecule has 0 spiro atoms. The second-order valence-corrected chi connectivity index (χ2v) is 3.08. The minimum Gasteiger partial charge on any atom is -0.329 e. The zero-order valence-corrected chi connectivity index (χ0v) is 7.68. The van der Waals surface area contributed by atoms with Crippen molar-refractivity contribution in [3.05, 3.63) is 35.1 Å². The highest BCUT2D eigenvalue weighted by Gasteiger charge is 2.31. The molecule has 0 radical (unpaired) electrons. The fourth-order valence-corrected chi connectivity index (χ4v) is 1.13. The average molecular weight is 222 g/mol. The molecule has 0 aromatic heterocycles. The topological polar surface area (TPSA) is 52.0 Å². The van der Waals surface area contributed by atoms with Gasteiger partial charge in [-0.1, -0.05) is 6.07 Å². The molecule has 1 rings (SSSR count). The van der Waals surface area contributed by atoms with Gasteiger partial charge in [-0.15, -0.1) is 0 Å². The maximum Gasteiger partial charge on any atom is 0.416 e. The normalized spacial score (nSPS) is 14.0. The van der Waals surface area contributed by atoms with E-state index in [0.717, 1.165) is 12.1 Å². The molecule has 0 aliphatic rings. The van der Waals surface area contributed by atoms with E-state index in [1.807, 2.05) is 0 Å². The van der Waals surface area contributed by atoms with Crippen LogP contribution in [0.15, 0.2) is 18.2 Å². The van der Waals surface area contributed by atoms with Crippen molar-refractivity contribution in [2.24, 2.45) is 11.5 Å². The molecular formula is C9H10F4N2. The second-order valence-electron chi connectivity index (χ2n) is 3.08. The molecule has 0 amide bonds. The number of hydrogen-bond donors (Lipinski definition) is 2. The predicted octanol–water partition coefficient (Wildman–Crippen LogP) is 1.80. The molecule has 1 aromatic carbocycles. The van der Waals surface area contributed by atoms with Crippen LogP contribution in [0.25, 0.3) is 0 Å². The fourth-order valence-electron chi connectivity index (χ4n) is 1.13. The van der Waals surface area contributed by atoms with Gasteiger partial charge in [0.2, 0.25) is 0 Å². The third kappa shape index (κ3) is 2.66. The second kappa shape index (κ2) is 4.16. The number of halogens is 4. The number of hydrogen-bond acceptors (Lipinski definition) is 2. The van der Waals surface area contributed by atoms with Crippen molar-refractivity contribution in [1.82, 2.24) is 0 Å². The minimum atomic E-state index is -4.55. The van der Waals surface area contributed by atoms with E-state index in [4.69, 9.17) is 11.5 Å². The van der Waals surface area contributed by atoms with Crippen molar-refractivity contribution in [2.45, 2.75) is 12.2 Å². The Hall–Kier alpha value is -1.14. The maximum atomic E-state index is 13.2. The van der Waals surface area contributed by atoms with E-state index >= 15 is 0 Å². The summed E-state index contributed by atoms with van der Waals surface area (Å²) in [6, 6.07) is 1.43. The molecule has 15 heavy (non-hydrogen) atoms. The molecule has 0 aliphatic carbocycles. The lowest BCUT2D eigenvalue weighted by molar-refractivity contribution is -0.137. The van der Waals surface area contributed by atoms with Gasteiger partial charge in [-0.05, 0) is 12.1 Å². The lowest BCUT2D eigenvalue weighted by Gasteiger charge is -2.12. The van der Waals surface area contributed by atoms with E-state index in [1.54, 1.807) is 0 Å². The molecule has 0 heterocycles. The first kappa shape index (κ1) is 11.9. The highest BCUT2D eigenvalue weighted by molar-refractivity contribution is 5.28. The van der Waals surface area contributed by atoms with E-state index in [1.165, 1.54) is 0 Å². The summed E-state index contributed by atoms with van der Waals surface area (Å²) in [7, 11) is 0. The lowest BCUT2D eigenvalue weighted by Crippen LogP contribution is -2.22. The van der Waals surface area contributed by atoms with Gasteiger partial charge in [-0.25, -0.2) is 4.39 Å². The number of nitrogens with two attached hydrogens (primary N) is 2. The standard InChI is InChI=1S/C9H10F4N2/c10-7-3-5(9(11,12)13)1-2-6(7)8(15)4-14/h1-3,8H,4,14-15H2/t8-/m1/s1. The summed E-state index contributed by atoms with van der Waals surface area (Å²) >= 11 is 0. The van der Waals surface area contributed by atoms with Gasteiger partial charge >= 0.3 is 6.18 Å². The van der Waals surface area contributed by atoms with E-state index in [0.29, 0.717) is 6.07 Å². The van der Waals surface area contributed by atoms with Gasteiger partial charge in [0.1, 0.15) is 5.82 Å². The summed E-state index contributed by atoms with van der Waals surface area (Å²) in [6.45, 7) is -0.0255. The van der Waals surface area contributed by atoms with Gasteiger partial charge in [0.05, 0.1) is 5.56 Å². The molecule has 1 aromatic rings. The first-order chi connectivity index (χ1) is 6.86. The van der Waals surface area contributed by atoms with Gasteiger partial charge in [0, 0.05) is 18.2 Å². The van der Waals surface area contributed by atoms with Crippen molar-refractivity contribution in [3.63, 3.8) is 0 Å². The Morgan fingerprint density at radius 1 is 1.27 bits per heavy atom. The summed E-state index contributed by atoms with van der Waals surface area (Å²) < 4.78 is 49.7. The summed E-state index contributed by atoms with van der Waals surface area (Å²) in [5.74, 6) is -0.984. The van der Waals surface area contributed by atoms with Crippen LogP contribution in [-0.2, 0) is 6.18 Å². The molecule has 0 unspecified atom stereocenters. The quantitative estimate of drug-likeness (QED) is 0.749. The molecule has 4 N–H and O–H groups in total. The van der Waals surface area contributed by atoms with Crippen LogP contribution in [0.2, 0.25) is 0 Å². The maximum absolute atomic E-state index is 13.2. The van der Waals surface area contributed by atoms with Crippen molar-refractivity contribution in [1.29, 1.82) is 0 Å². The molecule has 2 nitrogen and oxygen atoms in total. The molecule has 84 valence electrons. The van der Waals surface area contributed by atoms with E-state index in [2.05, 4.69) is 0 Å². The van der Waals surface area contributed by atoms with Gasteiger partial charge in [-0.3, -0.25) is 0 Å². The van der Waals surface area contributed by atoms with E-state index < -0.39 is 23.6 Å². The first-order valence-electron chi connectivity index (χ1n) is 4.18. The van der Waals surface area contributed by atoms with Crippen LogP contribution in [0, 0.1) is 5.82 Å². The Kier molecular flexibility index (Phi) is 3.31. The first-order valence-corrected chi connectivity index (χ1v) is 4.18. The Balaban J connectivity index is 3.09. The predicted molar refractivity (Wildman–Crippen MR) is 47.4 cm³/mol. The number of benzene rings is 1. The number of rotatable bonds is 2. The summed E-state index contributed by atoms with van der Waals surface area (Å²) in [4.78, 5) is 0. The van der Waals surface area contributed by atoms with Crippen LogP contribution < -0.4 is 11.5 Å². The third-order valence-corrected chi connectivity index (χ3v) is 1.98. The smallest absolute Gasteiger partial charge is 0.329 e. The van der Waals surface area contributed by atoms with E-state index in [-0.39, 0.29) is 12.1 Å². The fraction of sp³-hybridized carbons (Fsp3) is 0.333. The van der Waals surface area contributed by atoms with Crippen LogP contribution >= 0.6 is 0 Å². The van der Waals surface area contributed by atoms with Crippen molar-refractivity contribution in [3.8, 4) is 0 Å². The highest BCUT2D eigenvalue weighted by atomic mass is 19.4. The van der Waals surface area contributed by atoms with Crippen LogP contribution in [0.5, 0.6) is 0 Å². The zero-order valence-electron chi connectivity index (χ0n) is 7.68. The Bertz CT molecular complexity index is 348. The largest absolute Gasteiger partial charge is 0.416 e. The minimum absolute atomic E-state index is 0.00880. The SMILES string of the molecule is NC[C@@H](N)c1ccc(C(F)(F)F)cc1F.